The van der Waals surface area contributed by atoms with Crippen LogP contribution in [-0.4, -0.2) is 46.3 Å². The summed E-state index contributed by atoms with van der Waals surface area (Å²) in [7, 11) is 0. The summed E-state index contributed by atoms with van der Waals surface area (Å²) in [6, 6.07) is 5.77. The Labute approximate surface area is 169 Å². The van der Waals surface area contributed by atoms with E-state index < -0.39 is 5.60 Å². The molecule has 1 saturated heterocycles. The minimum Gasteiger partial charge on any atom is -0.378 e. The Morgan fingerprint density at radius 3 is 3.04 bits per heavy atom. The van der Waals surface area contributed by atoms with Gasteiger partial charge in [-0.15, -0.1) is 11.3 Å². The lowest BCUT2D eigenvalue weighted by atomic mass is 9.98. The van der Waals surface area contributed by atoms with Gasteiger partial charge in [-0.05, 0) is 58.2 Å². The zero-order chi connectivity index (χ0) is 20.1. The third-order valence-corrected chi connectivity index (χ3v) is 5.53. The number of piperidine rings is 1. The van der Waals surface area contributed by atoms with E-state index in [4.69, 9.17) is 4.52 Å². The predicted octanol–water partition coefficient (Wildman–Crippen LogP) is 2.81. The van der Waals surface area contributed by atoms with Crippen molar-refractivity contribution >= 4 is 17.2 Å². The molecule has 28 heavy (non-hydrogen) atoms. The Balaban J connectivity index is 1.49. The highest BCUT2D eigenvalue weighted by atomic mass is 32.1. The van der Waals surface area contributed by atoms with Crippen molar-refractivity contribution in [2.75, 3.05) is 19.6 Å². The molecule has 0 spiro atoms. The van der Waals surface area contributed by atoms with Gasteiger partial charge < -0.3 is 14.9 Å². The first kappa shape index (κ1) is 20.6. The van der Waals surface area contributed by atoms with Crippen LogP contribution in [0.4, 0.5) is 0 Å². The number of rotatable bonds is 5. The number of likely N-dealkylation sites (tertiary alicyclic amines) is 1. The molecule has 7 heteroatoms. The third kappa shape index (κ3) is 6.20. The van der Waals surface area contributed by atoms with Gasteiger partial charge in [0.05, 0.1) is 4.88 Å². The fraction of sp³-hybridized carbons (Fsp3) is 0.524. The van der Waals surface area contributed by atoms with E-state index >= 15 is 0 Å². The number of thiophene rings is 1. The minimum absolute atomic E-state index is 0.178. The molecular weight excluding hydrogens is 374 g/mol. The standard InChI is InChI=1S/C21H27N3O3S/c1-15-11-19(23-27-15)20(25)22-12-16-5-4-10-24(13-16)14-18-7-6-17(28-18)8-9-21(2,3)26/h6-7,11,16,26H,4-5,10,12-14H2,1-3H3,(H,22,25)/t16-/m1/s1. The zero-order valence-electron chi connectivity index (χ0n) is 16.6. The Kier molecular flexibility index (Phi) is 6.55. The predicted molar refractivity (Wildman–Crippen MR) is 109 cm³/mol. The molecule has 0 aromatic carbocycles. The third-order valence-electron chi connectivity index (χ3n) is 4.55. The first-order chi connectivity index (χ1) is 13.3. The van der Waals surface area contributed by atoms with E-state index in [-0.39, 0.29) is 5.91 Å². The van der Waals surface area contributed by atoms with Crippen LogP contribution in [0, 0.1) is 24.7 Å². The molecule has 0 unspecified atom stereocenters. The topological polar surface area (TPSA) is 78.6 Å². The zero-order valence-corrected chi connectivity index (χ0v) is 17.4. The number of carbonyl (C=O) groups excluding carboxylic acids is 1. The minimum atomic E-state index is -0.973. The number of carbonyl (C=O) groups is 1. The number of hydrogen-bond acceptors (Lipinski definition) is 6. The van der Waals surface area contributed by atoms with Gasteiger partial charge in [0.1, 0.15) is 11.4 Å². The van der Waals surface area contributed by atoms with Gasteiger partial charge in [0.2, 0.25) is 0 Å². The van der Waals surface area contributed by atoms with Gasteiger partial charge in [-0.25, -0.2) is 0 Å². The van der Waals surface area contributed by atoms with Crippen LogP contribution in [-0.2, 0) is 6.54 Å². The molecule has 1 fully saturated rings. The Hall–Kier alpha value is -2.14. The van der Waals surface area contributed by atoms with Crippen LogP contribution in [0.2, 0.25) is 0 Å². The maximum atomic E-state index is 12.1. The highest BCUT2D eigenvalue weighted by molar-refractivity contribution is 7.12. The Bertz CT molecular complexity index is 869. The van der Waals surface area contributed by atoms with Crippen molar-refractivity contribution in [3.8, 4) is 11.8 Å². The van der Waals surface area contributed by atoms with E-state index in [2.05, 4.69) is 33.3 Å². The lowest BCUT2D eigenvalue weighted by molar-refractivity contribution is 0.0922. The first-order valence-electron chi connectivity index (χ1n) is 9.56. The molecule has 3 heterocycles. The molecule has 1 aliphatic heterocycles. The highest BCUT2D eigenvalue weighted by Gasteiger charge is 2.21. The van der Waals surface area contributed by atoms with Crippen molar-refractivity contribution in [2.24, 2.45) is 5.92 Å². The summed E-state index contributed by atoms with van der Waals surface area (Å²) < 4.78 is 4.96. The molecule has 0 bridgehead atoms. The van der Waals surface area contributed by atoms with E-state index in [9.17, 15) is 9.90 Å². The summed E-state index contributed by atoms with van der Waals surface area (Å²) in [5.74, 6) is 6.78. The normalized spacial score (nSPS) is 17.8. The van der Waals surface area contributed by atoms with Crippen LogP contribution in [0.5, 0.6) is 0 Å². The fourth-order valence-corrected chi connectivity index (χ4v) is 4.13. The first-order valence-corrected chi connectivity index (χ1v) is 10.4. The number of nitrogens with zero attached hydrogens (tertiary/aromatic N) is 2. The van der Waals surface area contributed by atoms with Crippen molar-refractivity contribution in [3.63, 3.8) is 0 Å². The van der Waals surface area contributed by atoms with Gasteiger partial charge in [-0.3, -0.25) is 9.69 Å². The molecular formula is C21H27N3O3S. The Morgan fingerprint density at radius 1 is 1.50 bits per heavy atom. The number of aryl methyl sites for hydroxylation is 1. The van der Waals surface area contributed by atoms with Crippen molar-refractivity contribution in [1.29, 1.82) is 0 Å². The van der Waals surface area contributed by atoms with Gasteiger partial charge in [0.25, 0.3) is 5.91 Å². The van der Waals surface area contributed by atoms with Crippen molar-refractivity contribution in [3.05, 3.63) is 39.4 Å². The van der Waals surface area contributed by atoms with E-state index in [0.29, 0.717) is 23.9 Å². The molecule has 150 valence electrons. The van der Waals surface area contributed by atoms with Crippen molar-refractivity contribution in [2.45, 2.75) is 45.8 Å². The van der Waals surface area contributed by atoms with Crippen LogP contribution < -0.4 is 5.32 Å². The number of aliphatic hydroxyl groups is 1. The smallest absolute Gasteiger partial charge is 0.273 e. The van der Waals surface area contributed by atoms with E-state index in [1.165, 1.54) is 4.88 Å². The summed E-state index contributed by atoms with van der Waals surface area (Å²) in [4.78, 5) is 16.8. The molecule has 1 atom stereocenters. The number of aromatic nitrogens is 1. The maximum absolute atomic E-state index is 12.1. The van der Waals surface area contributed by atoms with Crippen LogP contribution in [0.3, 0.4) is 0 Å². The molecule has 0 radical (unpaired) electrons. The molecule has 0 saturated carbocycles. The Morgan fingerprint density at radius 2 is 2.32 bits per heavy atom. The maximum Gasteiger partial charge on any atom is 0.273 e. The second-order valence-corrected chi connectivity index (χ2v) is 9.02. The van der Waals surface area contributed by atoms with Crippen LogP contribution >= 0.6 is 11.3 Å². The fourth-order valence-electron chi connectivity index (χ4n) is 3.23. The summed E-state index contributed by atoms with van der Waals surface area (Å²) in [5, 5.41) is 16.5. The highest BCUT2D eigenvalue weighted by Crippen LogP contribution is 2.22. The molecule has 1 aliphatic rings. The molecule has 3 rings (SSSR count). The second kappa shape index (κ2) is 8.91. The summed E-state index contributed by atoms with van der Waals surface area (Å²) >= 11 is 1.67. The van der Waals surface area contributed by atoms with Gasteiger partial charge in [-0.1, -0.05) is 17.0 Å². The van der Waals surface area contributed by atoms with E-state index in [1.54, 1.807) is 38.2 Å². The van der Waals surface area contributed by atoms with Crippen LogP contribution in [0.1, 0.15) is 52.7 Å². The lowest BCUT2D eigenvalue weighted by Gasteiger charge is -2.32. The molecule has 6 nitrogen and oxygen atoms in total. The van der Waals surface area contributed by atoms with E-state index in [1.807, 2.05) is 6.07 Å². The average Bonchev–Trinajstić information content (AvgIpc) is 3.27. The summed E-state index contributed by atoms with van der Waals surface area (Å²) in [6.07, 6.45) is 2.24. The van der Waals surface area contributed by atoms with Crippen LogP contribution in [0.25, 0.3) is 0 Å². The molecule has 2 N–H and O–H groups in total. The molecule has 2 aromatic rings. The largest absolute Gasteiger partial charge is 0.378 e. The van der Waals surface area contributed by atoms with Crippen LogP contribution in [0.15, 0.2) is 22.7 Å². The summed E-state index contributed by atoms with van der Waals surface area (Å²) in [6.45, 7) is 8.71. The molecule has 0 aliphatic carbocycles. The number of hydrogen-bond donors (Lipinski definition) is 2. The SMILES string of the molecule is Cc1cc(C(=O)NC[C@H]2CCCN(Cc3ccc(C#CC(C)(C)O)s3)C2)no1. The van der Waals surface area contributed by atoms with Gasteiger partial charge in [0, 0.05) is 30.6 Å². The summed E-state index contributed by atoms with van der Waals surface area (Å²) in [5.41, 5.74) is -0.636. The molecule has 2 aromatic heterocycles. The van der Waals surface area contributed by atoms with E-state index in [0.717, 1.165) is 37.4 Å². The average molecular weight is 402 g/mol. The monoisotopic (exact) mass is 401 g/mol. The van der Waals surface area contributed by atoms with Crippen molar-refractivity contribution < 1.29 is 14.4 Å². The van der Waals surface area contributed by atoms with Gasteiger partial charge in [0.15, 0.2) is 5.69 Å². The molecule has 1 amide bonds. The number of amides is 1. The van der Waals surface area contributed by atoms with Crippen molar-refractivity contribution in [1.82, 2.24) is 15.4 Å². The lowest BCUT2D eigenvalue weighted by Crippen LogP contribution is -2.40. The van der Waals surface area contributed by atoms with Gasteiger partial charge >= 0.3 is 0 Å². The quantitative estimate of drug-likeness (QED) is 0.754. The number of nitrogens with one attached hydrogen (secondary N) is 1. The second-order valence-electron chi connectivity index (χ2n) is 7.85. The van der Waals surface area contributed by atoms with Gasteiger partial charge in [-0.2, -0.15) is 0 Å².